The van der Waals surface area contributed by atoms with E-state index in [0.29, 0.717) is 0 Å². The zero-order valence-corrected chi connectivity index (χ0v) is 17.4. The number of H-pyrrole nitrogens is 1. The Hall–Kier alpha value is -4.30. The number of rotatable bonds is 2. The number of fused-ring (bicyclic) bond motifs is 7. The van der Waals surface area contributed by atoms with Gasteiger partial charge in [0, 0.05) is 32.7 Å². The highest BCUT2D eigenvalue weighted by atomic mass is 15.0. The van der Waals surface area contributed by atoms with E-state index in [0.717, 1.165) is 5.52 Å². The molecular formula is C30H20N2. The fourth-order valence-electron chi connectivity index (χ4n) is 5.07. The van der Waals surface area contributed by atoms with Gasteiger partial charge in [-0.15, -0.1) is 0 Å². The summed E-state index contributed by atoms with van der Waals surface area (Å²) in [6.45, 7) is 0. The third-order valence-electron chi connectivity index (χ3n) is 6.53. The van der Waals surface area contributed by atoms with Crippen molar-refractivity contribution in [3.05, 3.63) is 115 Å². The Morgan fingerprint density at radius 3 is 2.06 bits per heavy atom. The van der Waals surface area contributed by atoms with Gasteiger partial charge in [0.25, 0.3) is 0 Å². The summed E-state index contributed by atoms with van der Waals surface area (Å²) in [6.07, 6.45) is 0. The maximum absolute atomic E-state index is 3.75. The minimum Gasteiger partial charge on any atom is -0.353 e. The van der Waals surface area contributed by atoms with E-state index in [2.05, 4.69) is 125 Å². The van der Waals surface area contributed by atoms with E-state index >= 15 is 0 Å². The van der Waals surface area contributed by atoms with E-state index in [1.54, 1.807) is 0 Å². The fraction of sp³-hybridized carbons (Fsp3) is 0. The number of aromatic nitrogens is 2. The lowest BCUT2D eigenvalue weighted by atomic mass is 10.0. The molecule has 5 aromatic carbocycles. The van der Waals surface area contributed by atoms with E-state index in [9.17, 15) is 0 Å². The number of nitrogens with zero attached hydrogens (tertiary/aromatic N) is 1. The molecule has 0 aliphatic carbocycles. The molecule has 0 bridgehead atoms. The average Bonchev–Trinajstić information content (AvgIpc) is 3.40. The Balaban J connectivity index is 1.62. The minimum atomic E-state index is 1.16. The van der Waals surface area contributed by atoms with Gasteiger partial charge in [-0.1, -0.05) is 84.9 Å². The van der Waals surface area contributed by atoms with Crippen LogP contribution in [0.3, 0.4) is 0 Å². The molecule has 0 spiro atoms. The topological polar surface area (TPSA) is 20.7 Å². The van der Waals surface area contributed by atoms with Crippen molar-refractivity contribution in [1.82, 2.24) is 9.55 Å². The van der Waals surface area contributed by atoms with Gasteiger partial charge < -0.3 is 9.55 Å². The van der Waals surface area contributed by atoms with Crippen LogP contribution in [0.15, 0.2) is 115 Å². The van der Waals surface area contributed by atoms with Crippen LogP contribution < -0.4 is 0 Å². The standard InChI is InChI=1S/C30H20N2/c1-3-9-20(10-4-1)21-15-18-27-26(19-21)24-16-17-25-23-13-7-8-14-28(23)32(30(25)29(24)31-27)22-11-5-2-6-12-22/h1-19,31H. The maximum atomic E-state index is 3.75. The van der Waals surface area contributed by atoms with Gasteiger partial charge in [-0.05, 0) is 41.5 Å². The first-order valence-corrected chi connectivity index (χ1v) is 11.0. The molecular weight excluding hydrogens is 388 g/mol. The van der Waals surface area contributed by atoms with Crippen LogP contribution in [0.2, 0.25) is 0 Å². The minimum absolute atomic E-state index is 1.16. The smallest absolute Gasteiger partial charge is 0.0783 e. The molecule has 0 aliphatic rings. The molecule has 0 saturated carbocycles. The van der Waals surface area contributed by atoms with Crippen molar-refractivity contribution in [2.45, 2.75) is 0 Å². The number of hydrogen-bond acceptors (Lipinski definition) is 0. The van der Waals surface area contributed by atoms with Crippen molar-refractivity contribution >= 4 is 43.6 Å². The summed E-state index contributed by atoms with van der Waals surface area (Å²) in [6, 6.07) is 41.2. The molecule has 7 rings (SSSR count). The van der Waals surface area contributed by atoms with Crippen LogP contribution in [-0.4, -0.2) is 9.55 Å². The number of aromatic amines is 1. The predicted molar refractivity (Wildman–Crippen MR) is 136 cm³/mol. The SMILES string of the molecule is c1ccc(-c2ccc3[nH]c4c(ccc5c6ccccc6n(-c6ccccc6)c54)c3c2)cc1. The summed E-state index contributed by atoms with van der Waals surface area (Å²) in [5, 5.41) is 5.06. The normalized spacial score (nSPS) is 11.8. The first kappa shape index (κ1) is 17.4. The summed E-state index contributed by atoms with van der Waals surface area (Å²) in [7, 11) is 0. The number of benzene rings is 5. The monoisotopic (exact) mass is 408 g/mol. The van der Waals surface area contributed by atoms with Gasteiger partial charge in [-0.2, -0.15) is 0 Å². The van der Waals surface area contributed by atoms with Crippen LogP contribution in [-0.2, 0) is 0 Å². The van der Waals surface area contributed by atoms with Crippen molar-refractivity contribution in [1.29, 1.82) is 0 Å². The van der Waals surface area contributed by atoms with Crippen molar-refractivity contribution in [3.63, 3.8) is 0 Å². The summed E-state index contributed by atoms with van der Waals surface area (Å²) < 4.78 is 2.39. The Morgan fingerprint density at radius 1 is 0.500 bits per heavy atom. The molecule has 32 heavy (non-hydrogen) atoms. The Bertz CT molecular complexity index is 1750. The zero-order chi connectivity index (χ0) is 21.1. The average molecular weight is 409 g/mol. The Labute approximate surface area is 185 Å². The molecule has 2 heteroatoms. The van der Waals surface area contributed by atoms with Crippen LogP contribution in [0.1, 0.15) is 0 Å². The van der Waals surface area contributed by atoms with Crippen LogP contribution in [0, 0.1) is 0 Å². The lowest BCUT2D eigenvalue weighted by Crippen LogP contribution is -1.93. The van der Waals surface area contributed by atoms with Gasteiger partial charge in [-0.3, -0.25) is 0 Å². The molecule has 150 valence electrons. The third-order valence-corrected chi connectivity index (χ3v) is 6.53. The largest absolute Gasteiger partial charge is 0.353 e. The van der Waals surface area contributed by atoms with Crippen molar-refractivity contribution in [2.75, 3.05) is 0 Å². The van der Waals surface area contributed by atoms with Crippen molar-refractivity contribution < 1.29 is 0 Å². The second kappa shape index (κ2) is 6.60. The highest BCUT2D eigenvalue weighted by Crippen LogP contribution is 2.39. The third kappa shape index (κ3) is 2.41. The quantitative estimate of drug-likeness (QED) is 0.298. The summed E-state index contributed by atoms with van der Waals surface area (Å²) in [5.41, 5.74) is 8.46. The molecule has 2 nitrogen and oxygen atoms in total. The molecule has 1 N–H and O–H groups in total. The van der Waals surface area contributed by atoms with Gasteiger partial charge >= 0.3 is 0 Å². The maximum Gasteiger partial charge on any atom is 0.0783 e. The van der Waals surface area contributed by atoms with Gasteiger partial charge in [0.1, 0.15) is 0 Å². The molecule has 2 aromatic heterocycles. The summed E-state index contributed by atoms with van der Waals surface area (Å²) in [5.74, 6) is 0. The summed E-state index contributed by atoms with van der Waals surface area (Å²) in [4.78, 5) is 3.75. The van der Waals surface area contributed by atoms with E-state index in [1.165, 1.54) is 54.9 Å². The molecule has 0 unspecified atom stereocenters. The van der Waals surface area contributed by atoms with E-state index in [-0.39, 0.29) is 0 Å². The molecule has 7 aromatic rings. The Kier molecular flexibility index (Phi) is 3.58. The van der Waals surface area contributed by atoms with Crippen LogP contribution in [0.25, 0.3) is 60.4 Å². The lowest BCUT2D eigenvalue weighted by Gasteiger charge is -2.08. The first-order valence-electron chi connectivity index (χ1n) is 11.0. The van der Waals surface area contributed by atoms with Crippen LogP contribution in [0.4, 0.5) is 0 Å². The zero-order valence-electron chi connectivity index (χ0n) is 17.4. The molecule has 0 saturated heterocycles. The second-order valence-electron chi connectivity index (χ2n) is 8.32. The van der Waals surface area contributed by atoms with Gasteiger partial charge in [0.15, 0.2) is 0 Å². The summed E-state index contributed by atoms with van der Waals surface area (Å²) >= 11 is 0. The highest BCUT2D eigenvalue weighted by Gasteiger charge is 2.17. The molecule has 0 amide bonds. The van der Waals surface area contributed by atoms with Crippen molar-refractivity contribution in [3.8, 4) is 16.8 Å². The molecule has 0 aliphatic heterocycles. The number of nitrogens with one attached hydrogen (secondary N) is 1. The number of para-hydroxylation sites is 2. The molecule has 0 radical (unpaired) electrons. The van der Waals surface area contributed by atoms with Gasteiger partial charge in [0.05, 0.1) is 16.6 Å². The van der Waals surface area contributed by atoms with Crippen LogP contribution >= 0.6 is 0 Å². The van der Waals surface area contributed by atoms with E-state index < -0.39 is 0 Å². The second-order valence-corrected chi connectivity index (χ2v) is 8.32. The highest BCUT2D eigenvalue weighted by molar-refractivity contribution is 6.23. The van der Waals surface area contributed by atoms with Crippen LogP contribution in [0.5, 0.6) is 0 Å². The number of hydrogen-bond donors (Lipinski definition) is 1. The first-order chi connectivity index (χ1) is 15.9. The fourth-order valence-corrected chi connectivity index (χ4v) is 5.07. The molecule has 0 fully saturated rings. The van der Waals surface area contributed by atoms with Gasteiger partial charge in [-0.25, -0.2) is 0 Å². The Morgan fingerprint density at radius 2 is 1.22 bits per heavy atom. The predicted octanol–water partition coefficient (Wildman–Crippen LogP) is 8.09. The molecule has 0 atom stereocenters. The van der Waals surface area contributed by atoms with E-state index in [4.69, 9.17) is 0 Å². The lowest BCUT2D eigenvalue weighted by molar-refractivity contribution is 1.18. The van der Waals surface area contributed by atoms with E-state index in [1.807, 2.05) is 0 Å². The van der Waals surface area contributed by atoms with Gasteiger partial charge in [0.2, 0.25) is 0 Å². The van der Waals surface area contributed by atoms with Crippen molar-refractivity contribution in [2.24, 2.45) is 0 Å². The molecule has 2 heterocycles.